The molecule has 0 amide bonds. The second kappa shape index (κ2) is 7.59. The monoisotopic (exact) mass is 287 g/mol. The van der Waals surface area contributed by atoms with Crippen molar-refractivity contribution in [2.24, 2.45) is 0 Å². The third kappa shape index (κ3) is 4.16. The predicted octanol–water partition coefficient (Wildman–Crippen LogP) is 3.12. The van der Waals surface area contributed by atoms with Crippen LogP contribution in [0.5, 0.6) is 5.75 Å². The Labute approximate surface area is 125 Å². The van der Waals surface area contributed by atoms with Gasteiger partial charge in [0.25, 0.3) is 0 Å². The predicted molar refractivity (Wildman–Crippen MR) is 83.5 cm³/mol. The Morgan fingerprint density at radius 2 is 2.00 bits per heavy atom. The molecule has 1 N–H and O–H groups in total. The van der Waals surface area contributed by atoms with Crippen molar-refractivity contribution in [3.8, 4) is 17.1 Å². The van der Waals surface area contributed by atoms with Crippen molar-refractivity contribution in [2.45, 2.75) is 20.0 Å². The van der Waals surface area contributed by atoms with Gasteiger partial charge >= 0.3 is 0 Å². The van der Waals surface area contributed by atoms with Crippen LogP contribution in [0.1, 0.15) is 19.0 Å². The van der Waals surface area contributed by atoms with Crippen LogP contribution in [0.2, 0.25) is 0 Å². The molecule has 112 valence electrons. The Morgan fingerprint density at radius 3 is 2.71 bits per heavy atom. The summed E-state index contributed by atoms with van der Waals surface area (Å²) in [7, 11) is 3.31. The fourth-order valence-corrected chi connectivity index (χ4v) is 1.95. The number of rotatable bonds is 7. The highest BCUT2D eigenvalue weighted by Crippen LogP contribution is 2.22. The zero-order valence-corrected chi connectivity index (χ0v) is 12.7. The van der Waals surface area contributed by atoms with Gasteiger partial charge in [-0.1, -0.05) is 19.1 Å². The smallest absolute Gasteiger partial charge is 0.161 e. The molecule has 0 aliphatic carbocycles. The first-order valence-corrected chi connectivity index (χ1v) is 7.02. The number of aromatic nitrogens is 2. The molecular weight excluding hydrogens is 266 g/mol. The van der Waals surface area contributed by atoms with Crippen LogP contribution in [0.4, 0.5) is 5.82 Å². The lowest BCUT2D eigenvalue weighted by Crippen LogP contribution is -2.06. The highest BCUT2D eigenvalue weighted by atomic mass is 16.5. The van der Waals surface area contributed by atoms with Crippen LogP contribution < -0.4 is 10.1 Å². The van der Waals surface area contributed by atoms with Crippen LogP contribution in [-0.4, -0.2) is 30.7 Å². The summed E-state index contributed by atoms with van der Waals surface area (Å²) in [6.45, 7) is 3.45. The van der Waals surface area contributed by atoms with E-state index in [1.807, 2.05) is 30.3 Å². The molecular formula is C16H21N3O2. The molecule has 1 heterocycles. The molecule has 0 atom stereocenters. The topological polar surface area (TPSA) is 56.3 Å². The molecule has 1 aromatic heterocycles. The molecule has 0 unspecified atom stereocenters. The van der Waals surface area contributed by atoms with Gasteiger partial charge in [0, 0.05) is 25.3 Å². The van der Waals surface area contributed by atoms with Crippen molar-refractivity contribution in [3.05, 3.63) is 36.0 Å². The highest BCUT2D eigenvalue weighted by Gasteiger charge is 2.08. The molecule has 2 aromatic rings. The minimum Gasteiger partial charge on any atom is -0.497 e. The molecule has 0 fully saturated rings. The first-order chi connectivity index (χ1) is 10.3. The molecule has 0 saturated heterocycles. The second-order valence-electron chi connectivity index (χ2n) is 4.66. The molecule has 0 aliphatic heterocycles. The minimum atomic E-state index is 0.459. The van der Waals surface area contributed by atoms with Gasteiger partial charge in [-0.15, -0.1) is 0 Å². The Bertz CT molecular complexity index is 587. The molecule has 21 heavy (non-hydrogen) atoms. The quantitative estimate of drug-likeness (QED) is 0.848. The Kier molecular flexibility index (Phi) is 5.51. The number of nitrogens with zero attached hydrogens (tertiary/aromatic N) is 2. The van der Waals surface area contributed by atoms with E-state index in [0.29, 0.717) is 12.4 Å². The van der Waals surface area contributed by atoms with Crippen LogP contribution in [0.25, 0.3) is 11.4 Å². The van der Waals surface area contributed by atoms with Crippen LogP contribution in [-0.2, 0) is 11.3 Å². The van der Waals surface area contributed by atoms with Crippen molar-refractivity contribution in [1.82, 2.24) is 9.97 Å². The third-order valence-corrected chi connectivity index (χ3v) is 2.96. The molecule has 0 aliphatic rings. The zero-order valence-electron chi connectivity index (χ0n) is 12.7. The van der Waals surface area contributed by atoms with Crippen molar-refractivity contribution in [2.75, 3.05) is 26.1 Å². The van der Waals surface area contributed by atoms with E-state index in [-0.39, 0.29) is 0 Å². The number of hydrogen-bond donors (Lipinski definition) is 1. The van der Waals surface area contributed by atoms with Gasteiger partial charge in [0.05, 0.1) is 19.4 Å². The zero-order chi connectivity index (χ0) is 15.1. The minimum absolute atomic E-state index is 0.459. The van der Waals surface area contributed by atoms with E-state index in [9.17, 15) is 0 Å². The van der Waals surface area contributed by atoms with E-state index in [0.717, 1.165) is 35.8 Å². The maximum Gasteiger partial charge on any atom is 0.161 e. The fraction of sp³-hybridized carbons (Fsp3) is 0.375. The normalized spacial score (nSPS) is 10.4. The van der Waals surface area contributed by atoms with E-state index in [1.165, 1.54) is 0 Å². The summed E-state index contributed by atoms with van der Waals surface area (Å²) < 4.78 is 10.4. The molecule has 0 bridgehead atoms. The number of anilines is 1. The standard InChI is InChI=1S/C16H21N3O2/c1-4-8-17-15-10-13(11-20-2)18-16(19-15)12-6-5-7-14(9-12)21-3/h5-7,9-10H,4,8,11H2,1-3H3,(H,17,18,19). The van der Waals surface area contributed by atoms with Gasteiger partial charge in [0.15, 0.2) is 5.82 Å². The number of methoxy groups -OCH3 is 2. The Hall–Kier alpha value is -2.14. The highest BCUT2D eigenvalue weighted by molar-refractivity contribution is 5.59. The summed E-state index contributed by atoms with van der Waals surface area (Å²) in [5.41, 5.74) is 1.77. The van der Waals surface area contributed by atoms with Crippen LogP contribution in [0, 0.1) is 0 Å². The molecule has 0 saturated carbocycles. The summed E-state index contributed by atoms with van der Waals surface area (Å²) in [6, 6.07) is 9.65. The van der Waals surface area contributed by atoms with E-state index in [4.69, 9.17) is 9.47 Å². The van der Waals surface area contributed by atoms with E-state index in [1.54, 1.807) is 14.2 Å². The van der Waals surface area contributed by atoms with Crippen molar-refractivity contribution in [3.63, 3.8) is 0 Å². The van der Waals surface area contributed by atoms with Crippen LogP contribution >= 0.6 is 0 Å². The van der Waals surface area contributed by atoms with Crippen molar-refractivity contribution >= 4 is 5.82 Å². The molecule has 0 radical (unpaired) electrons. The van der Waals surface area contributed by atoms with Crippen LogP contribution in [0.15, 0.2) is 30.3 Å². The van der Waals surface area contributed by atoms with Gasteiger partial charge in [0.1, 0.15) is 11.6 Å². The molecule has 0 spiro atoms. The Balaban J connectivity index is 2.37. The summed E-state index contributed by atoms with van der Waals surface area (Å²) in [5.74, 6) is 2.27. The van der Waals surface area contributed by atoms with Crippen molar-refractivity contribution < 1.29 is 9.47 Å². The van der Waals surface area contributed by atoms with Gasteiger partial charge in [-0.2, -0.15) is 0 Å². The fourth-order valence-electron chi connectivity index (χ4n) is 1.95. The van der Waals surface area contributed by atoms with E-state index in [2.05, 4.69) is 22.2 Å². The maximum absolute atomic E-state index is 5.25. The second-order valence-corrected chi connectivity index (χ2v) is 4.66. The third-order valence-electron chi connectivity index (χ3n) is 2.96. The number of nitrogens with one attached hydrogen (secondary N) is 1. The van der Waals surface area contributed by atoms with Gasteiger partial charge in [0.2, 0.25) is 0 Å². The first-order valence-electron chi connectivity index (χ1n) is 7.02. The molecule has 2 rings (SSSR count). The summed E-state index contributed by atoms with van der Waals surface area (Å²) in [5, 5.41) is 3.29. The van der Waals surface area contributed by atoms with Gasteiger partial charge in [-0.25, -0.2) is 9.97 Å². The summed E-state index contributed by atoms with van der Waals surface area (Å²) in [4.78, 5) is 9.11. The number of ether oxygens (including phenoxy) is 2. The van der Waals surface area contributed by atoms with Gasteiger partial charge < -0.3 is 14.8 Å². The van der Waals surface area contributed by atoms with E-state index < -0.39 is 0 Å². The van der Waals surface area contributed by atoms with E-state index >= 15 is 0 Å². The maximum atomic E-state index is 5.25. The average Bonchev–Trinajstić information content (AvgIpc) is 2.53. The van der Waals surface area contributed by atoms with Gasteiger partial charge in [-0.3, -0.25) is 0 Å². The van der Waals surface area contributed by atoms with Gasteiger partial charge in [-0.05, 0) is 18.6 Å². The molecule has 5 heteroatoms. The lowest BCUT2D eigenvalue weighted by molar-refractivity contribution is 0.181. The Morgan fingerprint density at radius 1 is 1.14 bits per heavy atom. The lowest BCUT2D eigenvalue weighted by Gasteiger charge is -2.10. The summed E-state index contributed by atoms with van der Waals surface area (Å²) >= 11 is 0. The molecule has 5 nitrogen and oxygen atoms in total. The SMILES string of the molecule is CCCNc1cc(COC)nc(-c2cccc(OC)c2)n1. The number of hydrogen-bond acceptors (Lipinski definition) is 5. The summed E-state index contributed by atoms with van der Waals surface area (Å²) in [6.07, 6.45) is 1.04. The lowest BCUT2D eigenvalue weighted by atomic mass is 10.2. The average molecular weight is 287 g/mol. The largest absolute Gasteiger partial charge is 0.497 e. The first kappa shape index (κ1) is 15.3. The number of benzene rings is 1. The molecule has 1 aromatic carbocycles. The van der Waals surface area contributed by atoms with Crippen LogP contribution in [0.3, 0.4) is 0 Å². The van der Waals surface area contributed by atoms with Crippen molar-refractivity contribution in [1.29, 1.82) is 0 Å².